The lowest BCUT2D eigenvalue weighted by Crippen LogP contribution is -2.60. The van der Waals surface area contributed by atoms with Gasteiger partial charge in [0.1, 0.15) is 0 Å². The van der Waals surface area contributed by atoms with Gasteiger partial charge in [0.25, 0.3) is 0 Å². The molecule has 3 aliphatic carbocycles. The Balaban J connectivity index is 1.26. The van der Waals surface area contributed by atoms with Crippen LogP contribution in [-0.2, 0) is 4.79 Å². The van der Waals surface area contributed by atoms with Crippen LogP contribution in [0, 0.1) is 11.8 Å². The van der Waals surface area contributed by atoms with E-state index in [1.54, 1.807) is 0 Å². The van der Waals surface area contributed by atoms with Crippen LogP contribution < -0.4 is 0 Å². The molecule has 5 fully saturated rings. The van der Waals surface area contributed by atoms with E-state index in [-0.39, 0.29) is 5.92 Å². The lowest BCUT2D eigenvalue weighted by atomic mass is 9.63. The molecule has 2 aliphatic heterocycles. The molecule has 1 aromatic carbocycles. The number of nitrogens with zero attached hydrogens (tertiary/aromatic N) is 2. The summed E-state index contributed by atoms with van der Waals surface area (Å²) in [5.41, 5.74) is 3.67. The van der Waals surface area contributed by atoms with Crippen LogP contribution in [0.1, 0.15) is 81.4 Å². The number of hydrogen-bond acceptors (Lipinski definition) is 2. The summed E-state index contributed by atoms with van der Waals surface area (Å²) in [6, 6.07) is 7.56. The van der Waals surface area contributed by atoms with Crippen molar-refractivity contribution in [2.75, 3.05) is 0 Å². The molecule has 2 saturated heterocycles. The molecular weight excluding hydrogens is 334 g/mol. The van der Waals surface area contributed by atoms with Crippen molar-refractivity contribution in [3.63, 3.8) is 0 Å². The average molecular weight is 364 g/mol. The van der Waals surface area contributed by atoms with Crippen molar-refractivity contribution >= 4 is 16.8 Å². The van der Waals surface area contributed by atoms with Gasteiger partial charge in [0.15, 0.2) is 0 Å². The molecular formula is C23H29N3O. The first-order valence-electron chi connectivity index (χ1n) is 11.0. The van der Waals surface area contributed by atoms with Gasteiger partial charge in [0.2, 0.25) is 5.91 Å². The van der Waals surface area contributed by atoms with Gasteiger partial charge in [-0.1, -0.05) is 19.1 Å². The molecule has 4 heteroatoms. The maximum atomic E-state index is 13.3. The minimum atomic E-state index is 0.170. The Morgan fingerprint density at radius 2 is 1.85 bits per heavy atom. The van der Waals surface area contributed by atoms with Crippen molar-refractivity contribution in [3.8, 4) is 0 Å². The van der Waals surface area contributed by atoms with E-state index in [1.807, 2.05) is 0 Å². The Labute approximate surface area is 160 Å². The second kappa shape index (κ2) is 5.83. The SMILES string of the molecule is CC(CC(=O)N1C2CC3CC(C2)CC1C3)c1n[nH]c2cccc(C3CC3)c12. The van der Waals surface area contributed by atoms with E-state index in [1.165, 1.54) is 55.9 Å². The molecule has 4 bridgehead atoms. The number of H-pyrrole nitrogens is 1. The number of amides is 1. The maximum absolute atomic E-state index is 13.3. The second-order valence-corrected chi connectivity index (χ2v) is 9.78. The van der Waals surface area contributed by atoms with Crippen LogP contribution in [0.4, 0.5) is 0 Å². The van der Waals surface area contributed by atoms with E-state index in [9.17, 15) is 4.79 Å². The van der Waals surface area contributed by atoms with Gasteiger partial charge >= 0.3 is 0 Å². The van der Waals surface area contributed by atoms with Crippen LogP contribution in [0.5, 0.6) is 0 Å². The number of piperidine rings is 2. The van der Waals surface area contributed by atoms with E-state index in [2.05, 4.69) is 40.2 Å². The summed E-state index contributed by atoms with van der Waals surface area (Å²) < 4.78 is 0. The molecule has 1 unspecified atom stereocenters. The molecule has 3 heterocycles. The molecule has 142 valence electrons. The lowest BCUT2D eigenvalue weighted by molar-refractivity contribution is -0.149. The molecule has 0 radical (unpaired) electrons. The Morgan fingerprint density at radius 1 is 1.15 bits per heavy atom. The molecule has 1 N–H and O–H groups in total. The first kappa shape index (κ1) is 16.1. The minimum Gasteiger partial charge on any atom is -0.337 e. The van der Waals surface area contributed by atoms with Crippen molar-refractivity contribution in [2.45, 2.75) is 82.2 Å². The van der Waals surface area contributed by atoms with E-state index < -0.39 is 0 Å². The number of nitrogens with one attached hydrogen (secondary N) is 1. The fourth-order valence-corrected chi connectivity index (χ4v) is 6.62. The second-order valence-electron chi connectivity index (χ2n) is 9.78. The predicted octanol–water partition coefficient (Wildman–Crippen LogP) is 4.72. The maximum Gasteiger partial charge on any atom is 0.223 e. The van der Waals surface area contributed by atoms with Crippen molar-refractivity contribution in [3.05, 3.63) is 29.5 Å². The van der Waals surface area contributed by atoms with Gasteiger partial charge in [-0.2, -0.15) is 5.10 Å². The van der Waals surface area contributed by atoms with Crippen LogP contribution in [0.2, 0.25) is 0 Å². The number of aromatic amines is 1. The fourth-order valence-electron chi connectivity index (χ4n) is 6.62. The molecule has 27 heavy (non-hydrogen) atoms. The summed E-state index contributed by atoms with van der Waals surface area (Å²) in [5, 5.41) is 9.17. The van der Waals surface area contributed by atoms with Crippen molar-refractivity contribution in [1.82, 2.24) is 15.1 Å². The smallest absolute Gasteiger partial charge is 0.223 e. The van der Waals surface area contributed by atoms with Crippen molar-refractivity contribution in [2.24, 2.45) is 11.8 Å². The summed E-state index contributed by atoms with van der Waals surface area (Å²) in [7, 11) is 0. The summed E-state index contributed by atoms with van der Waals surface area (Å²) in [6.07, 6.45) is 9.62. The summed E-state index contributed by atoms with van der Waals surface area (Å²) >= 11 is 0. The molecule has 1 atom stereocenters. The van der Waals surface area contributed by atoms with E-state index in [4.69, 9.17) is 0 Å². The topological polar surface area (TPSA) is 49.0 Å². The van der Waals surface area contributed by atoms with Gasteiger partial charge in [-0.25, -0.2) is 0 Å². The molecule has 3 saturated carbocycles. The number of rotatable bonds is 4. The van der Waals surface area contributed by atoms with Crippen LogP contribution >= 0.6 is 0 Å². The van der Waals surface area contributed by atoms with Crippen molar-refractivity contribution in [1.29, 1.82) is 0 Å². The van der Waals surface area contributed by atoms with Gasteiger partial charge in [-0.3, -0.25) is 9.89 Å². The van der Waals surface area contributed by atoms with Gasteiger partial charge in [0, 0.05) is 29.8 Å². The Kier molecular flexibility index (Phi) is 3.48. The fraction of sp³-hybridized carbons (Fsp3) is 0.652. The van der Waals surface area contributed by atoms with Gasteiger partial charge in [-0.05, 0) is 74.3 Å². The standard InChI is InChI=1S/C23H29N3O/c1-13(23-22-19(16-5-6-16)3-2-4-20(22)24-25-23)7-21(27)26-17-9-14-8-15(11-17)12-18(26)10-14/h2-4,13-18H,5-12H2,1H3,(H,24,25). The van der Waals surface area contributed by atoms with Crippen LogP contribution in [0.3, 0.4) is 0 Å². The zero-order valence-corrected chi connectivity index (χ0v) is 16.2. The summed E-state index contributed by atoms with van der Waals surface area (Å²) in [6.45, 7) is 2.19. The quantitative estimate of drug-likeness (QED) is 0.854. The Hall–Kier alpha value is -1.84. The number of carbonyl (C=O) groups excluding carboxylic acids is 1. The number of carbonyl (C=O) groups is 1. The predicted molar refractivity (Wildman–Crippen MR) is 106 cm³/mol. The van der Waals surface area contributed by atoms with Crippen LogP contribution in [0.25, 0.3) is 10.9 Å². The number of aromatic nitrogens is 2. The van der Waals surface area contributed by atoms with Crippen LogP contribution in [-0.4, -0.2) is 33.1 Å². The zero-order valence-electron chi connectivity index (χ0n) is 16.2. The molecule has 0 spiro atoms. The molecule has 5 aliphatic rings. The highest BCUT2D eigenvalue weighted by Crippen LogP contribution is 2.50. The highest BCUT2D eigenvalue weighted by atomic mass is 16.2. The average Bonchev–Trinajstić information content (AvgIpc) is 3.38. The third kappa shape index (κ3) is 2.55. The Morgan fingerprint density at radius 3 is 2.52 bits per heavy atom. The minimum absolute atomic E-state index is 0.170. The largest absolute Gasteiger partial charge is 0.337 e. The summed E-state index contributed by atoms with van der Waals surface area (Å²) in [5.74, 6) is 3.02. The monoisotopic (exact) mass is 363 g/mol. The van der Waals surface area contributed by atoms with E-state index in [0.29, 0.717) is 30.3 Å². The number of hydrogen-bond donors (Lipinski definition) is 1. The molecule has 1 aromatic heterocycles. The molecule has 4 nitrogen and oxygen atoms in total. The third-order valence-corrected chi connectivity index (χ3v) is 7.78. The number of fused-ring (bicyclic) bond motifs is 1. The first-order chi connectivity index (χ1) is 13.2. The Bertz CT molecular complexity index is 868. The third-order valence-electron chi connectivity index (χ3n) is 7.78. The highest BCUT2D eigenvalue weighted by molar-refractivity contribution is 5.87. The highest BCUT2D eigenvalue weighted by Gasteiger charge is 2.48. The van der Waals surface area contributed by atoms with Crippen molar-refractivity contribution < 1.29 is 4.79 Å². The first-order valence-corrected chi connectivity index (χ1v) is 11.0. The molecule has 7 rings (SSSR count). The normalized spacial score (nSPS) is 33.0. The molecule has 1 amide bonds. The zero-order chi connectivity index (χ0) is 18.1. The lowest BCUT2D eigenvalue weighted by Gasteiger charge is -2.56. The van der Waals surface area contributed by atoms with Gasteiger partial charge < -0.3 is 4.90 Å². The molecule has 2 aromatic rings. The van der Waals surface area contributed by atoms with Gasteiger partial charge in [0.05, 0.1) is 11.2 Å². The van der Waals surface area contributed by atoms with E-state index >= 15 is 0 Å². The van der Waals surface area contributed by atoms with Gasteiger partial charge in [-0.15, -0.1) is 0 Å². The van der Waals surface area contributed by atoms with Crippen LogP contribution in [0.15, 0.2) is 18.2 Å². The van der Waals surface area contributed by atoms with E-state index in [0.717, 1.165) is 23.0 Å². The number of benzene rings is 1. The summed E-state index contributed by atoms with van der Waals surface area (Å²) in [4.78, 5) is 15.6.